The Hall–Kier alpha value is -0.330. The number of rotatable bonds is 7. The quantitative estimate of drug-likeness (QED) is 0.671. The van der Waals surface area contributed by atoms with E-state index in [1.54, 1.807) is 0 Å². The molecule has 1 atom stereocenters. The van der Waals surface area contributed by atoms with Crippen LogP contribution in [-0.2, 0) is 4.79 Å². The maximum atomic E-state index is 12.4. The SMILES string of the molecule is CC1CCN(C(CNC(=O)CCC2CCNCC2)c2cccs2)CC1.Cl.Cl. The van der Waals surface area contributed by atoms with Crippen molar-refractivity contribution in [1.29, 1.82) is 0 Å². The number of nitrogens with one attached hydrogen (secondary N) is 2. The third-order valence-corrected chi connectivity index (χ3v) is 6.84. The summed E-state index contributed by atoms with van der Waals surface area (Å²) in [6.07, 6.45) is 6.70. The fourth-order valence-corrected chi connectivity index (χ4v) is 4.90. The van der Waals surface area contributed by atoms with Crippen molar-refractivity contribution in [3.05, 3.63) is 22.4 Å². The molecule has 0 spiro atoms. The Morgan fingerprint density at radius 2 is 1.96 bits per heavy atom. The minimum absolute atomic E-state index is 0. The molecule has 7 heteroatoms. The monoisotopic (exact) mass is 435 g/mol. The van der Waals surface area contributed by atoms with Gasteiger partial charge in [0.15, 0.2) is 0 Å². The maximum absolute atomic E-state index is 12.4. The number of carbonyl (C=O) groups excluding carboxylic acids is 1. The van der Waals surface area contributed by atoms with E-state index in [0.29, 0.717) is 12.5 Å². The highest BCUT2D eigenvalue weighted by molar-refractivity contribution is 7.10. The lowest BCUT2D eigenvalue weighted by atomic mass is 9.93. The van der Waals surface area contributed by atoms with Gasteiger partial charge in [0.2, 0.25) is 5.91 Å². The number of piperidine rings is 2. The molecular formula is C20H35Cl2N3OS. The molecule has 2 aliphatic rings. The fourth-order valence-electron chi connectivity index (χ4n) is 4.04. The summed E-state index contributed by atoms with van der Waals surface area (Å²) >= 11 is 1.81. The zero-order chi connectivity index (χ0) is 17.5. The van der Waals surface area contributed by atoms with Crippen LogP contribution in [0.1, 0.15) is 56.4 Å². The van der Waals surface area contributed by atoms with Crippen LogP contribution in [0.2, 0.25) is 0 Å². The van der Waals surface area contributed by atoms with Crippen molar-refractivity contribution in [3.8, 4) is 0 Å². The van der Waals surface area contributed by atoms with E-state index in [1.165, 1.54) is 30.6 Å². The normalized spacial score (nSPS) is 20.3. The molecule has 0 aliphatic carbocycles. The molecule has 2 saturated heterocycles. The molecule has 2 aliphatic heterocycles. The summed E-state index contributed by atoms with van der Waals surface area (Å²) < 4.78 is 0. The molecule has 4 nitrogen and oxygen atoms in total. The van der Waals surface area contributed by atoms with Gasteiger partial charge in [-0.15, -0.1) is 36.2 Å². The summed E-state index contributed by atoms with van der Waals surface area (Å²) in [5.74, 6) is 1.79. The van der Waals surface area contributed by atoms with Crippen molar-refractivity contribution >= 4 is 42.1 Å². The number of hydrogen-bond acceptors (Lipinski definition) is 4. The van der Waals surface area contributed by atoms with Gasteiger partial charge in [-0.05, 0) is 81.6 Å². The van der Waals surface area contributed by atoms with Gasteiger partial charge in [0, 0.05) is 17.8 Å². The van der Waals surface area contributed by atoms with Gasteiger partial charge < -0.3 is 10.6 Å². The van der Waals surface area contributed by atoms with Gasteiger partial charge in [-0.25, -0.2) is 0 Å². The predicted octanol–water partition coefficient (Wildman–Crippen LogP) is 4.26. The molecule has 0 bridgehead atoms. The largest absolute Gasteiger partial charge is 0.354 e. The van der Waals surface area contributed by atoms with Crippen molar-refractivity contribution < 1.29 is 4.79 Å². The Bertz CT molecular complexity index is 515. The first-order chi connectivity index (χ1) is 12.2. The molecule has 3 heterocycles. The highest BCUT2D eigenvalue weighted by Crippen LogP contribution is 2.29. The lowest BCUT2D eigenvalue weighted by molar-refractivity contribution is -0.121. The highest BCUT2D eigenvalue weighted by atomic mass is 35.5. The van der Waals surface area contributed by atoms with Crippen molar-refractivity contribution in [3.63, 3.8) is 0 Å². The summed E-state index contributed by atoms with van der Waals surface area (Å²) in [5.41, 5.74) is 0. The van der Waals surface area contributed by atoms with E-state index in [4.69, 9.17) is 0 Å². The first-order valence-corrected chi connectivity index (χ1v) is 10.8. The molecule has 3 rings (SSSR count). The Morgan fingerprint density at radius 1 is 1.26 bits per heavy atom. The van der Waals surface area contributed by atoms with E-state index in [2.05, 4.69) is 40.0 Å². The Kier molecular flexibility index (Phi) is 11.9. The summed E-state index contributed by atoms with van der Waals surface area (Å²) in [5, 5.41) is 8.77. The smallest absolute Gasteiger partial charge is 0.220 e. The first kappa shape index (κ1) is 24.7. The van der Waals surface area contributed by atoms with E-state index in [9.17, 15) is 4.79 Å². The van der Waals surface area contributed by atoms with Gasteiger partial charge >= 0.3 is 0 Å². The van der Waals surface area contributed by atoms with E-state index in [-0.39, 0.29) is 30.7 Å². The van der Waals surface area contributed by atoms with E-state index >= 15 is 0 Å². The molecule has 0 saturated carbocycles. The minimum Gasteiger partial charge on any atom is -0.354 e. The van der Waals surface area contributed by atoms with Gasteiger partial charge in [-0.3, -0.25) is 9.69 Å². The molecule has 0 aromatic carbocycles. The number of amides is 1. The average molecular weight is 436 g/mol. The molecule has 1 aromatic heterocycles. The van der Waals surface area contributed by atoms with Crippen LogP contribution in [0.15, 0.2) is 17.5 Å². The summed E-state index contributed by atoms with van der Waals surface area (Å²) in [6, 6.07) is 4.68. The second kappa shape index (κ2) is 13.0. The zero-order valence-corrected chi connectivity index (χ0v) is 18.8. The van der Waals surface area contributed by atoms with Crippen LogP contribution in [0.5, 0.6) is 0 Å². The summed E-state index contributed by atoms with van der Waals surface area (Å²) in [4.78, 5) is 16.3. The number of likely N-dealkylation sites (tertiary alicyclic amines) is 1. The van der Waals surface area contributed by atoms with Gasteiger partial charge in [-0.1, -0.05) is 13.0 Å². The first-order valence-electron chi connectivity index (χ1n) is 9.97. The van der Waals surface area contributed by atoms with E-state index in [1.807, 2.05) is 11.3 Å². The lowest BCUT2D eigenvalue weighted by Crippen LogP contribution is -2.41. The standard InChI is InChI=1S/C20H33N3OS.2ClH/c1-16-8-12-23(13-9-16)18(19-3-2-14-25-19)15-22-20(24)5-4-17-6-10-21-11-7-17;;/h2-3,14,16-18,21H,4-13,15H2,1H3,(H,22,24);2*1H. The Balaban J connectivity index is 0.00000182. The molecule has 0 radical (unpaired) electrons. The third kappa shape index (κ3) is 7.90. The zero-order valence-electron chi connectivity index (χ0n) is 16.3. The van der Waals surface area contributed by atoms with Crippen LogP contribution in [0.3, 0.4) is 0 Å². The van der Waals surface area contributed by atoms with Crippen LogP contribution in [0, 0.1) is 11.8 Å². The lowest BCUT2D eigenvalue weighted by Gasteiger charge is -2.36. The third-order valence-electron chi connectivity index (χ3n) is 5.86. The molecule has 2 N–H and O–H groups in total. The number of thiophene rings is 1. The summed E-state index contributed by atoms with van der Waals surface area (Å²) in [6.45, 7) is 7.61. The minimum atomic E-state index is 0. The number of halogens is 2. The van der Waals surface area contributed by atoms with E-state index < -0.39 is 0 Å². The summed E-state index contributed by atoms with van der Waals surface area (Å²) in [7, 11) is 0. The van der Waals surface area contributed by atoms with Crippen molar-refractivity contribution in [2.24, 2.45) is 11.8 Å². The van der Waals surface area contributed by atoms with Crippen molar-refractivity contribution in [1.82, 2.24) is 15.5 Å². The van der Waals surface area contributed by atoms with Crippen LogP contribution in [-0.4, -0.2) is 43.5 Å². The average Bonchev–Trinajstić information content (AvgIpc) is 3.17. The Labute approximate surface area is 180 Å². The molecule has 1 amide bonds. The molecule has 1 aromatic rings. The van der Waals surface area contributed by atoms with Gasteiger partial charge in [0.05, 0.1) is 6.04 Å². The predicted molar refractivity (Wildman–Crippen MR) is 119 cm³/mol. The molecule has 27 heavy (non-hydrogen) atoms. The van der Waals surface area contributed by atoms with Crippen LogP contribution < -0.4 is 10.6 Å². The molecule has 1 unspecified atom stereocenters. The maximum Gasteiger partial charge on any atom is 0.220 e. The van der Waals surface area contributed by atoms with Crippen LogP contribution in [0.4, 0.5) is 0 Å². The van der Waals surface area contributed by atoms with Crippen molar-refractivity contribution in [2.75, 3.05) is 32.7 Å². The second-order valence-electron chi connectivity index (χ2n) is 7.79. The molecule has 156 valence electrons. The number of hydrogen-bond donors (Lipinski definition) is 2. The van der Waals surface area contributed by atoms with E-state index in [0.717, 1.165) is 51.0 Å². The van der Waals surface area contributed by atoms with Crippen LogP contribution in [0.25, 0.3) is 0 Å². The number of carbonyl (C=O) groups is 1. The highest BCUT2D eigenvalue weighted by Gasteiger charge is 2.25. The van der Waals surface area contributed by atoms with Gasteiger partial charge in [-0.2, -0.15) is 0 Å². The topological polar surface area (TPSA) is 44.4 Å². The van der Waals surface area contributed by atoms with Gasteiger partial charge in [0.25, 0.3) is 0 Å². The fraction of sp³-hybridized carbons (Fsp3) is 0.750. The Morgan fingerprint density at radius 3 is 2.59 bits per heavy atom. The molecule has 2 fully saturated rings. The number of nitrogens with zero attached hydrogens (tertiary/aromatic N) is 1. The second-order valence-corrected chi connectivity index (χ2v) is 8.77. The van der Waals surface area contributed by atoms with Crippen LogP contribution >= 0.6 is 36.2 Å². The van der Waals surface area contributed by atoms with Gasteiger partial charge in [0.1, 0.15) is 0 Å². The molecular weight excluding hydrogens is 401 g/mol. The van der Waals surface area contributed by atoms with Crippen molar-refractivity contribution in [2.45, 2.75) is 51.5 Å².